The molecule has 1 aromatic carbocycles. The summed E-state index contributed by atoms with van der Waals surface area (Å²) in [4.78, 5) is 8.59. The molecule has 19 heavy (non-hydrogen) atoms. The molecule has 1 atom stereocenters. The van der Waals surface area contributed by atoms with E-state index in [2.05, 4.69) is 9.97 Å². The Balaban J connectivity index is 1.85. The standard InChI is InChI=1S/C16H14N2O/c1-12(15-6-2-3-9-17-15)19-14-7-8-16-13(11-14)5-4-10-18-16/h2-12H,1H3. The number of hydrogen-bond acceptors (Lipinski definition) is 3. The van der Waals surface area contributed by atoms with Gasteiger partial charge >= 0.3 is 0 Å². The molecule has 0 spiro atoms. The van der Waals surface area contributed by atoms with Crippen LogP contribution >= 0.6 is 0 Å². The van der Waals surface area contributed by atoms with Crippen molar-refractivity contribution in [2.45, 2.75) is 13.0 Å². The largest absolute Gasteiger partial charge is 0.484 e. The summed E-state index contributed by atoms with van der Waals surface area (Å²) < 4.78 is 5.92. The Morgan fingerprint density at radius 1 is 0.947 bits per heavy atom. The van der Waals surface area contributed by atoms with Crippen molar-refractivity contribution in [3.8, 4) is 5.75 Å². The summed E-state index contributed by atoms with van der Waals surface area (Å²) in [6.07, 6.45) is 3.49. The van der Waals surface area contributed by atoms with Crippen molar-refractivity contribution in [2.24, 2.45) is 0 Å². The molecule has 2 aromatic heterocycles. The molecule has 3 heteroatoms. The maximum absolute atomic E-state index is 5.92. The third kappa shape index (κ3) is 2.55. The van der Waals surface area contributed by atoms with Crippen LogP contribution in [-0.4, -0.2) is 9.97 Å². The maximum Gasteiger partial charge on any atom is 0.138 e. The fourth-order valence-electron chi connectivity index (χ4n) is 2.01. The first-order chi connectivity index (χ1) is 9.33. The van der Waals surface area contributed by atoms with Crippen LogP contribution in [0.5, 0.6) is 5.75 Å². The van der Waals surface area contributed by atoms with Gasteiger partial charge in [0.25, 0.3) is 0 Å². The van der Waals surface area contributed by atoms with Crippen molar-refractivity contribution in [1.82, 2.24) is 9.97 Å². The van der Waals surface area contributed by atoms with E-state index in [1.165, 1.54) is 0 Å². The highest BCUT2D eigenvalue weighted by Gasteiger charge is 2.08. The predicted molar refractivity (Wildman–Crippen MR) is 75.0 cm³/mol. The lowest BCUT2D eigenvalue weighted by molar-refractivity contribution is 0.222. The van der Waals surface area contributed by atoms with E-state index < -0.39 is 0 Å². The van der Waals surface area contributed by atoms with Crippen molar-refractivity contribution in [2.75, 3.05) is 0 Å². The number of benzene rings is 1. The van der Waals surface area contributed by atoms with Gasteiger partial charge in [0.15, 0.2) is 0 Å². The second-order valence-corrected chi connectivity index (χ2v) is 4.37. The lowest BCUT2D eigenvalue weighted by atomic mass is 10.2. The van der Waals surface area contributed by atoms with Crippen LogP contribution < -0.4 is 4.74 Å². The lowest BCUT2D eigenvalue weighted by Gasteiger charge is -2.14. The van der Waals surface area contributed by atoms with Gasteiger partial charge in [0.2, 0.25) is 0 Å². The third-order valence-corrected chi connectivity index (χ3v) is 2.99. The molecule has 3 nitrogen and oxygen atoms in total. The Morgan fingerprint density at radius 2 is 1.84 bits per heavy atom. The van der Waals surface area contributed by atoms with Crippen LogP contribution in [0.2, 0.25) is 0 Å². The van der Waals surface area contributed by atoms with Gasteiger partial charge in [0, 0.05) is 17.8 Å². The first-order valence-corrected chi connectivity index (χ1v) is 6.25. The van der Waals surface area contributed by atoms with E-state index in [0.717, 1.165) is 22.3 Å². The van der Waals surface area contributed by atoms with Crippen LogP contribution in [-0.2, 0) is 0 Å². The number of nitrogens with zero attached hydrogens (tertiary/aromatic N) is 2. The van der Waals surface area contributed by atoms with E-state index in [1.54, 1.807) is 12.4 Å². The van der Waals surface area contributed by atoms with Crippen LogP contribution in [0.25, 0.3) is 10.9 Å². The lowest BCUT2D eigenvalue weighted by Crippen LogP contribution is -2.04. The normalized spacial score (nSPS) is 12.3. The Labute approximate surface area is 111 Å². The Morgan fingerprint density at radius 3 is 2.68 bits per heavy atom. The number of hydrogen-bond donors (Lipinski definition) is 0. The van der Waals surface area contributed by atoms with Crippen LogP contribution in [0.3, 0.4) is 0 Å². The molecule has 0 bridgehead atoms. The molecule has 1 unspecified atom stereocenters. The fraction of sp³-hybridized carbons (Fsp3) is 0.125. The zero-order valence-electron chi connectivity index (χ0n) is 10.7. The predicted octanol–water partition coefficient (Wildman–Crippen LogP) is 3.77. The number of rotatable bonds is 3. The molecule has 0 saturated carbocycles. The number of pyridine rings is 2. The summed E-state index contributed by atoms with van der Waals surface area (Å²) >= 11 is 0. The molecule has 0 aliphatic carbocycles. The van der Waals surface area contributed by atoms with Crippen LogP contribution in [0.4, 0.5) is 0 Å². The van der Waals surface area contributed by atoms with Gasteiger partial charge < -0.3 is 4.74 Å². The Bertz CT molecular complexity index is 682. The van der Waals surface area contributed by atoms with E-state index in [1.807, 2.05) is 55.5 Å². The van der Waals surface area contributed by atoms with E-state index >= 15 is 0 Å². The molecular weight excluding hydrogens is 236 g/mol. The summed E-state index contributed by atoms with van der Waals surface area (Å²) in [7, 11) is 0. The number of ether oxygens (including phenoxy) is 1. The molecule has 3 aromatic rings. The van der Waals surface area contributed by atoms with Crippen LogP contribution in [0, 0.1) is 0 Å². The van der Waals surface area contributed by atoms with Gasteiger partial charge in [0.05, 0.1) is 11.2 Å². The molecule has 3 rings (SSSR count). The van der Waals surface area contributed by atoms with Crippen molar-refractivity contribution in [3.05, 3.63) is 66.6 Å². The average molecular weight is 250 g/mol. The van der Waals surface area contributed by atoms with Gasteiger partial charge in [-0.2, -0.15) is 0 Å². The molecule has 2 heterocycles. The zero-order valence-corrected chi connectivity index (χ0v) is 10.7. The van der Waals surface area contributed by atoms with Gasteiger partial charge in [-0.1, -0.05) is 12.1 Å². The minimum absolute atomic E-state index is 0.0738. The summed E-state index contributed by atoms with van der Waals surface area (Å²) in [5.41, 5.74) is 1.90. The van der Waals surface area contributed by atoms with Crippen molar-refractivity contribution >= 4 is 10.9 Å². The zero-order chi connectivity index (χ0) is 13.1. The SMILES string of the molecule is CC(Oc1ccc2ncccc2c1)c1ccccn1. The van der Waals surface area contributed by atoms with E-state index in [0.29, 0.717) is 0 Å². The van der Waals surface area contributed by atoms with Crippen LogP contribution in [0.1, 0.15) is 18.7 Å². The van der Waals surface area contributed by atoms with Crippen LogP contribution in [0.15, 0.2) is 60.9 Å². The summed E-state index contributed by atoms with van der Waals surface area (Å²) in [5.74, 6) is 0.832. The minimum atomic E-state index is -0.0738. The first kappa shape index (κ1) is 11.7. The molecule has 0 amide bonds. The molecule has 0 saturated heterocycles. The summed E-state index contributed by atoms with van der Waals surface area (Å²) in [5, 5.41) is 1.08. The van der Waals surface area contributed by atoms with Gasteiger partial charge in [-0.25, -0.2) is 0 Å². The van der Waals surface area contributed by atoms with Crippen molar-refractivity contribution in [1.29, 1.82) is 0 Å². The quantitative estimate of drug-likeness (QED) is 0.709. The minimum Gasteiger partial charge on any atom is -0.484 e. The number of fused-ring (bicyclic) bond motifs is 1. The molecule has 0 radical (unpaired) electrons. The topological polar surface area (TPSA) is 35.0 Å². The van der Waals surface area contributed by atoms with Gasteiger partial charge in [0.1, 0.15) is 11.9 Å². The van der Waals surface area contributed by atoms with Crippen molar-refractivity contribution in [3.63, 3.8) is 0 Å². The summed E-state index contributed by atoms with van der Waals surface area (Å²) in [6, 6.07) is 15.7. The smallest absolute Gasteiger partial charge is 0.138 e. The molecule has 94 valence electrons. The number of aromatic nitrogens is 2. The highest BCUT2D eigenvalue weighted by atomic mass is 16.5. The maximum atomic E-state index is 5.92. The highest BCUT2D eigenvalue weighted by molar-refractivity contribution is 5.79. The van der Waals surface area contributed by atoms with Gasteiger partial charge in [-0.05, 0) is 43.3 Å². The molecule has 0 N–H and O–H groups in total. The second kappa shape index (κ2) is 5.06. The Hall–Kier alpha value is -2.42. The second-order valence-electron chi connectivity index (χ2n) is 4.37. The monoisotopic (exact) mass is 250 g/mol. The Kier molecular flexibility index (Phi) is 3.11. The summed E-state index contributed by atoms with van der Waals surface area (Å²) in [6.45, 7) is 2.00. The first-order valence-electron chi connectivity index (χ1n) is 6.25. The molecular formula is C16H14N2O. The third-order valence-electron chi connectivity index (χ3n) is 2.99. The van der Waals surface area contributed by atoms with E-state index in [9.17, 15) is 0 Å². The molecule has 0 aliphatic rings. The van der Waals surface area contributed by atoms with Crippen molar-refractivity contribution < 1.29 is 4.74 Å². The van der Waals surface area contributed by atoms with E-state index in [4.69, 9.17) is 4.74 Å². The highest BCUT2D eigenvalue weighted by Crippen LogP contribution is 2.23. The fourth-order valence-corrected chi connectivity index (χ4v) is 2.01. The molecule has 0 aliphatic heterocycles. The average Bonchev–Trinajstić information content (AvgIpc) is 2.48. The van der Waals surface area contributed by atoms with E-state index in [-0.39, 0.29) is 6.10 Å². The van der Waals surface area contributed by atoms with Gasteiger partial charge in [-0.3, -0.25) is 9.97 Å². The molecule has 0 fully saturated rings. The van der Waals surface area contributed by atoms with Gasteiger partial charge in [-0.15, -0.1) is 0 Å².